The highest BCUT2D eigenvalue weighted by Gasteiger charge is 2.13. The van der Waals surface area contributed by atoms with E-state index in [-0.39, 0.29) is 11.8 Å². The van der Waals surface area contributed by atoms with Crippen molar-refractivity contribution in [2.75, 3.05) is 19.0 Å². The lowest BCUT2D eigenvalue weighted by Crippen LogP contribution is -2.24. The van der Waals surface area contributed by atoms with Crippen LogP contribution in [0.5, 0.6) is 5.75 Å². The summed E-state index contributed by atoms with van der Waals surface area (Å²) in [6, 6.07) is 9.98. The number of rotatable bonds is 8. The molecule has 0 atom stereocenters. The first kappa shape index (κ1) is 20.8. The van der Waals surface area contributed by atoms with E-state index in [1.54, 1.807) is 36.4 Å². The molecule has 27 heavy (non-hydrogen) atoms. The molecule has 2 aromatic rings. The van der Waals surface area contributed by atoms with Crippen LogP contribution in [0.3, 0.4) is 0 Å². The summed E-state index contributed by atoms with van der Waals surface area (Å²) >= 11 is 6.09. The lowest BCUT2D eigenvalue weighted by molar-refractivity contribution is 0.0951. The van der Waals surface area contributed by atoms with Crippen molar-refractivity contribution in [3.05, 3.63) is 58.1 Å². The van der Waals surface area contributed by atoms with Crippen molar-refractivity contribution in [3.63, 3.8) is 0 Å². The van der Waals surface area contributed by atoms with Crippen molar-refractivity contribution in [2.24, 2.45) is 0 Å². The Morgan fingerprint density at radius 3 is 2.26 bits per heavy atom. The minimum Gasteiger partial charge on any atom is -0.495 e. The van der Waals surface area contributed by atoms with Crippen LogP contribution in [-0.2, 0) is 0 Å². The predicted octanol–water partition coefficient (Wildman–Crippen LogP) is 4.83. The smallest absolute Gasteiger partial charge is 0.255 e. The highest BCUT2D eigenvalue weighted by atomic mass is 35.5. The SMILES string of the molecule is CCCCCNC(=O)c1ccc(C(=O)Nc2cc(C)c(Cl)cc2OC)cc1. The zero-order valence-corrected chi connectivity index (χ0v) is 16.7. The lowest BCUT2D eigenvalue weighted by atomic mass is 10.1. The first-order valence-corrected chi connectivity index (χ1v) is 9.37. The highest BCUT2D eigenvalue weighted by molar-refractivity contribution is 6.31. The summed E-state index contributed by atoms with van der Waals surface area (Å²) in [7, 11) is 1.52. The second-order valence-corrected chi connectivity index (χ2v) is 6.70. The van der Waals surface area contributed by atoms with Crippen molar-refractivity contribution in [1.82, 2.24) is 5.32 Å². The fourth-order valence-corrected chi connectivity index (χ4v) is 2.73. The van der Waals surface area contributed by atoms with E-state index in [0.717, 1.165) is 24.8 Å². The molecule has 0 aliphatic carbocycles. The highest BCUT2D eigenvalue weighted by Crippen LogP contribution is 2.31. The third-order valence-electron chi connectivity index (χ3n) is 4.20. The molecule has 0 aliphatic heterocycles. The maximum atomic E-state index is 12.5. The second kappa shape index (κ2) is 9.97. The molecule has 0 bridgehead atoms. The molecule has 0 saturated heterocycles. The standard InChI is InChI=1S/C21H25ClN2O3/c1-4-5-6-11-23-20(25)15-7-9-16(10-8-15)21(26)24-18-12-14(2)17(22)13-19(18)27-3/h7-10,12-13H,4-6,11H2,1-3H3,(H,23,25)(H,24,26). The molecule has 2 amide bonds. The van der Waals surface area contributed by atoms with Gasteiger partial charge in [0.2, 0.25) is 0 Å². The summed E-state index contributed by atoms with van der Waals surface area (Å²) in [6.45, 7) is 4.63. The van der Waals surface area contributed by atoms with E-state index in [4.69, 9.17) is 16.3 Å². The van der Waals surface area contributed by atoms with Gasteiger partial charge in [0.25, 0.3) is 11.8 Å². The molecule has 0 saturated carbocycles. The molecule has 2 N–H and O–H groups in total. The maximum Gasteiger partial charge on any atom is 0.255 e. The fraction of sp³-hybridized carbons (Fsp3) is 0.333. The summed E-state index contributed by atoms with van der Waals surface area (Å²) in [5.41, 5.74) is 2.36. The minimum absolute atomic E-state index is 0.131. The molecular weight excluding hydrogens is 364 g/mol. The van der Waals surface area contributed by atoms with Crippen LogP contribution in [0, 0.1) is 6.92 Å². The molecule has 0 fully saturated rings. The molecule has 2 rings (SSSR count). The molecule has 0 radical (unpaired) electrons. The molecule has 0 unspecified atom stereocenters. The largest absolute Gasteiger partial charge is 0.495 e. The lowest BCUT2D eigenvalue weighted by Gasteiger charge is -2.12. The molecule has 5 nitrogen and oxygen atoms in total. The summed E-state index contributed by atoms with van der Waals surface area (Å²) in [5.74, 6) is 0.0695. The second-order valence-electron chi connectivity index (χ2n) is 6.30. The average molecular weight is 389 g/mol. The van der Waals surface area contributed by atoms with Crippen LogP contribution < -0.4 is 15.4 Å². The Morgan fingerprint density at radius 2 is 1.67 bits per heavy atom. The Balaban J connectivity index is 2.04. The number of aryl methyl sites for hydroxylation is 1. The molecule has 2 aromatic carbocycles. The van der Waals surface area contributed by atoms with Crippen molar-refractivity contribution < 1.29 is 14.3 Å². The van der Waals surface area contributed by atoms with Crippen molar-refractivity contribution in [2.45, 2.75) is 33.1 Å². The van der Waals surface area contributed by atoms with Gasteiger partial charge in [0.05, 0.1) is 12.8 Å². The number of carbonyl (C=O) groups excluding carboxylic acids is 2. The van der Waals surface area contributed by atoms with Gasteiger partial charge in [-0.25, -0.2) is 0 Å². The fourth-order valence-electron chi connectivity index (χ4n) is 2.58. The molecule has 0 heterocycles. The van der Waals surface area contributed by atoms with E-state index in [9.17, 15) is 9.59 Å². The first-order valence-electron chi connectivity index (χ1n) is 9.00. The van der Waals surface area contributed by atoms with E-state index < -0.39 is 0 Å². The van der Waals surface area contributed by atoms with E-state index in [1.165, 1.54) is 7.11 Å². The maximum absolute atomic E-state index is 12.5. The van der Waals surface area contributed by atoms with Crippen LogP contribution in [0.15, 0.2) is 36.4 Å². The van der Waals surface area contributed by atoms with E-state index in [1.807, 2.05) is 6.92 Å². The van der Waals surface area contributed by atoms with E-state index in [0.29, 0.717) is 34.1 Å². The number of halogens is 1. The minimum atomic E-state index is -0.287. The van der Waals surface area contributed by atoms with Crippen LogP contribution in [0.1, 0.15) is 52.5 Å². The number of anilines is 1. The normalized spacial score (nSPS) is 10.4. The van der Waals surface area contributed by atoms with E-state index in [2.05, 4.69) is 17.6 Å². The number of methoxy groups -OCH3 is 1. The molecule has 0 spiro atoms. The molecular formula is C21H25ClN2O3. The van der Waals surface area contributed by atoms with Gasteiger partial charge in [-0.1, -0.05) is 31.4 Å². The average Bonchev–Trinajstić information content (AvgIpc) is 2.67. The molecule has 6 heteroatoms. The zero-order valence-electron chi connectivity index (χ0n) is 15.9. The first-order chi connectivity index (χ1) is 13.0. The number of ether oxygens (including phenoxy) is 1. The van der Waals surface area contributed by atoms with Crippen LogP contribution in [0.25, 0.3) is 0 Å². The number of hydrogen-bond acceptors (Lipinski definition) is 3. The van der Waals surface area contributed by atoms with Crippen LogP contribution in [0.2, 0.25) is 5.02 Å². The topological polar surface area (TPSA) is 67.4 Å². The summed E-state index contributed by atoms with van der Waals surface area (Å²) < 4.78 is 5.27. The van der Waals surface area contributed by atoms with Crippen LogP contribution >= 0.6 is 11.6 Å². The number of benzene rings is 2. The monoisotopic (exact) mass is 388 g/mol. The number of carbonyl (C=O) groups is 2. The number of hydrogen-bond donors (Lipinski definition) is 2. The van der Waals surface area contributed by atoms with Gasteiger partial charge in [0, 0.05) is 28.8 Å². The van der Waals surface area contributed by atoms with Gasteiger partial charge in [0.15, 0.2) is 0 Å². The van der Waals surface area contributed by atoms with Crippen molar-refractivity contribution in [3.8, 4) is 5.75 Å². The number of nitrogens with one attached hydrogen (secondary N) is 2. The Morgan fingerprint density at radius 1 is 1.04 bits per heavy atom. The van der Waals surface area contributed by atoms with Gasteiger partial charge >= 0.3 is 0 Å². The Labute approximate surface area is 165 Å². The molecule has 0 aromatic heterocycles. The van der Waals surface area contributed by atoms with Gasteiger partial charge in [-0.05, 0) is 49.2 Å². The van der Waals surface area contributed by atoms with Crippen LogP contribution in [-0.4, -0.2) is 25.5 Å². The van der Waals surface area contributed by atoms with Gasteiger partial charge in [0.1, 0.15) is 5.75 Å². The number of unbranched alkanes of at least 4 members (excludes halogenated alkanes) is 2. The predicted molar refractivity (Wildman–Crippen MR) is 109 cm³/mol. The zero-order chi connectivity index (χ0) is 19.8. The van der Waals surface area contributed by atoms with Crippen molar-refractivity contribution >= 4 is 29.1 Å². The summed E-state index contributed by atoms with van der Waals surface area (Å²) in [5, 5.41) is 6.27. The summed E-state index contributed by atoms with van der Waals surface area (Å²) in [6.07, 6.45) is 3.16. The number of amides is 2. The Hall–Kier alpha value is -2.53. The Bertz CT molecular complexity index is 804. The molecule has 0 aliphatic rings. The van der Waals surface area contributed by atoms with E-state index >= 15 is 0 Å². The third kappa shape index (κ3) is 5.73. The van der Waals surface area contributed by atoms with Crippen LogP contribution in [0.4, 0.5) is 5.69 Å². The van der Waals surface area contributed by atoms with Gasteiger partial charge in [-0.2, -0.15) is 0 Å². The van der Waals surface area contributed by atoms with Gasteiger partial charge in [-0.15, -0.1) is 0 Å². The summed E-state index contributed by atoms with van der Waals surface area (Å²) in [4.78, 5) is 24.6. The third-order valence-corrected chi connectivity index (χ3v) is 4.61. The van der Waals surface area contributed by atoms with Gasteiger partial charge in [-0.3, -0.25) is 9.59 Å². The quantitative estimate of drug-likeness (QED) is 0.636. The Kier molecular flexibility index (Phi) is 7.67. The van der Waals surface area contributed by atoms with Crippen molar-refractivity contribution in [1.29, 1.82) is 0 Å². The molecule has 144 valence electrons. The van der Waals surface area contributed by atoms with Gasteiger partial charge < -0.3 is 15.4 Å².